The Morgan fingerprint density at radius 1 is 1.20 bits per heavy atom. The zero-order valence-corrected chi connectivity index (χ0v) is 21.2. The van der Waals surface area contributed by atoms with E-state index in [0.29, 0.717) is 23.3 Å². The molecule has 5 rings (SSSR count). The highest BCUT2D eigenvalue weighted by molar-refractivity contribution is 6.30. The summed E-state index contributed by atoms with van der Waals surface area (Å²) in [6, 6.07) is 11.9. The maximum absolute atomic E-state index is 14.7. The summed E-state index contributed by atoms with van der Waals surface area (Å²) in [5, 5.41) is 16.3. The molecule has 1 fully saturated rings. The summed E-state index contributed by atoms with van der Waals surface area (Å²) in [6.07, 6.45) is 8.99. The fourth-order valence-electron chi connectivity index (χ4n) is 5.14. The number of aryl methyl sites for hydroxylation is 2. The summed E-state index contributed by atoms with van der Waals surface area (Å²) in [7, 11) is 0. The van der Waals surface area contributed by atoms with E-state index in [2.05, 4.69) is 52.1 Å². The van der Waals surface area contributed by atoms with Gasteiger partial charge in [-0.25, -0.2) is 9.07 Å². The first-order chi connectivity index (χ1) is 17.0. The molecule has 0 spiro atoms. The Bertz CT molecular complexity index is 1230. The third kappa shape index (κ3) is 5.14. The van der Waals surface area contributed by atoms with Gasteiger partial charge in [0.1, 0.15) is 5.82 Å². The van der Waals surface area contributed by atoms with Crippen LogP contribution in [-0.2, 0) is 6.54 Å². The van der Waals surface area contributed by atoms with E-state index < -0.39 is 0 Å². The molecule has 1 unspecified atom stereocenters. The lowest BCUT2D eigenvalue weighted by atomic mass is 9.90. The molecule has 1 saturated carbocycles. The second-order valence-corrected chi connectivity index (χ2v) is 10.1. The van der Waals surface area contributed by atoms with Crippen LogP contribution >= 0.6 is 11.6 Å². The molecule has 1 aliphatic carbocycles. The number of allylic oxidation sites excluding steroid dienone is 1. The molecule has 0 radical (unpaired) electrons. The first-order valence-corrected chi connectivity index (χ1v) is 13.1. The second kappa shape index (κ2) is 10.5. The van der Waals surface area contributed by atoms with E-state index in [0.717, 1.165) is 48.3 Å². The normalized spacial score (nSPS) is 17.9. The van der Waals surface area contributed by atoms with Crippen molar-refractivity contribution in [3.05, 3.63) is 70.1 Å². The number of benzene rings is 2. The molecular weight excluding hydrogens is 461 g/mol. The monoisotopic (exact) mass is 493 g/mol. The van der Waals surface area contributed by atoms with Crippen molar-refractivity contribution in [1.29, 1.82) is 0 Å². The molecule has 35 heavy (non-hydrogen) atoms. The van der Waals surface area contributed by atoms with E-state index in [-0.39, 0.29) is 11.9 Å². The van der Waals surface area contributed by atoms with Crippen LogP contribution < -0.4 is 10.6 Å². The van der Waals surface area contributed by atoms with Crippen LogP contribution in [0.3, 0.4) is 0 Å². The summed E-state index contributed by atoms with van der Waals surface area (Å²) in [5.74, 6) is -0.305. The van der Waals surface area contributed by atoms with Gasteiger partial charge in [0.2, 0.25) is 0 Å². The highest BCUT2D eigenvalue weighted by Crippen LogP contribution is 2.39. The molecule has 2 aliphatic rings. The molecule has 1 aromatic heterocycles. The van der Waals surface area contributed by atoms with Gasteiger partial charge in [0.15, 0.2) is 0 Å². The van der Waals surface area contributed by atoms with E-state index in [4.69, 9.17) is 11.6 Å². The number of aromatic nitrogens is 3. The number of rotatable bonds is 8. The number of fused-ring (bicyclic) bond motifs is 3. The summed E-state index contributed by atoms with van der Waals surface area (Å²) in [6.45, 7) is 5.86. The van der Waals surface area contributed by atoms with Gasteiger partial charge in [0.05, 0.1) is 23.1 Å². The van der Waals surface area contributed by atoms with E-state index >= 15 is 0 Å². The van der Waals surface area contributed by atoms with Gasteiger partial charge in [0.25, 0.3) is 0 Å². The summed E-state index contributed by atoms with van der Waals surface area (Å²) < 4.78 is 16.6. The van der Waals surface area contributed by atoms with Crippen molar-refractivity contribution in [3.63, 3.8) is 0 Å². The summed E-state index contributed by atoms with van der Waals surface area (Å²) in [5.41, 5.74) is 7.16. The Kier molecular flexibility index (Phi) is 7.21. The van der Waals surface area contributed by atoms with E-state index in [9.17, 15) is 4.39 Å². The molecule has 0 bridgehead atoms. The molecule has 5 nitrogen and oxygen atoms in total. The molecule has 1 aliphatic heterocycles. The van der Waals surface area contributed by atoms with E-state index in [1.54, 1.807) is 12.1 Å². The summed E-state index contributed by atoms with van der Waals surface area (Å²) >= 11 is 6.19. The van der Waals surface area contributed by atoms with Crippen molar-refractivity contribution in [2.45, 2.75) is 71.0 Å². The molecular formula is C28H33ClFN5. The Hall–Kier alpha value is -2.70. The minimum Gasteiger partial charge on any atom is -0.376 e. The molecule has 0 saturated heterocycles. The van der Waals surface area contributed by atoms with Crippen molar-refractivity contribution in [2.75, 3.05) is 11.9 Å². The van der Waals surface area contributed by atoms with Gasteiger partial charge < -0.3 is 10.6 Å². The lowest BCUT2D eigenvalue weighted by Crippen LogP contribution is -2.35. The molecule has 2 N–H and O–H groups in total. The van der Waals surface area contributed by atoms with Gasteiger partial charge in [0, 0.05) is 23.2 Å². The topological polar surface area (TPSA) is 54.8 Å². The van der Waals surface area contributed by atoms with Gasteiger partial charge in [-0.3, -0.25) is 0 Å². The maximum Gasteiger partial charge on any atom is 0.146 e. The standard InChI is InChI=1S/C28H33ClFN5/c1-3-5-19(12-14-31-22-6-4-7-22)20-8-10-23-24(16-20)26(13-15-35-28(23)18(2)33-34-35)32-27-17-21(29)9-11-25(27)30/h5,8-11,16-17,22,26,31-32H,3-4,6-7,12-15H2,1-2H3/b19-5+. The zero-order chi connectivity index (χ0) is 24.4. The van der Waals surface area contributed by atoms with E-state index in [1.165, 1.54) is 36.5 Å². The fourth-order valence-corrected chi connectivity index (χ4v) is 5.32. The molecule has 2 aromatic carbocycles. The van der Waals surface area contributed by atoms with Crippen molar-refractivity contribution in [2.24, 2.45) is 0 Å². The van der Waals surface area contributed by atoms with E-state index in [1.807, 2.05) is 11.6 Å². The maximum atomic E-state index is 14.7. The van der Waals surface area contributed by atoms with Crippen molar-refractivity contribution in [1.82, 2.24) is 20.3 Å². The van der Waals surface area contributed by atoms with Crippen LogP contribution in [0.2, 0.25) is 5.02 Å². The quantitative estimate of drug-likeness (QED) is 0.357. The lowest BCUT2D eigenvalue weighted by Gasteiger charge is -2.27. The average molecular weight is 494 g/mol. The Balaban J connectivity index is 1.51. The van der Waals surface area contributed by atoms with Crippen LogP contribution in [-0.4, -0.2) is 27.6 Å². The van der Waals surface area contributed by atoms with Crippen LogP contribution in [0.15, 0.2) is 42.5 Å². The van der Waals surface area contributed by atoms with Gasteiger partial charge in [-0.15, -0.1) is 5.10 Å². The van der Waals surface area contributed by atoms with Crippen molar-refractivity contribution in [3.8, 4) is 11.3 Å². The van der Waals surface area contributed by atoms with Crippen LogP contribution in [0.5, 0.6) is 0 Å². The Labute approximate surface area is 211 Å². The van der Waals surface area contributed by atoms with Gasteiger partial charge in [-0.1, -0.05) is 48.4 Å². The number of nitrogens with one attached hydrogen (secondary N) is 2. The highest BCUT2D eigenvalue weighted by Gasteiger charge is 2.26. The largest absolute Gasteiger partial charge is 0.376 e. The average Bonchev–Trinajstić information content (AvgIpc) is 3.11. The lowest BCUT2D eigenvalue weighted by molar-refractivity contribution is 0.343. The molecule has 7 heteroatoms. The van der Waals surface area contributed by atoms with Crippen LogP contribution in [0.25, 0.3) is 16.8 Å². The van der Waals surface area contributed by atoms with Gasteiger partial charge in [-0.05, 0) is 86.5 Å². The first kappa shape index (κ1) is 24.0. The number of hydrogen-bond acceptors (Lipinski definition) is 4. The third-order valence-corrected chi connectivity index (χ3v) is 7.46. The predicted molar refractivity (Wildman–Crippen MR) is 141 cm³/mol. The highest BCUT2D eigenvalue weighted by atomic mass is 35.5. The molecule has 3 aromatic rings. The minimum absolute atomic E-state index is 0.0880. The van der Waals surface area contributed by atoms with Gasteiger partial charge in [-0.2, -0.15) is 0 Å². The summed E-state index contributed by atoms with van der Waals surface area (Å²) in [4.78, 5) is 0. The second-order valence-electron chi connectivity index (χ2n) is 9.63. The molecule has 0 amide bonds. The van der Waals surface area contributed by atoms with Crippen LogP contribution in [0.1, 0.15) is 68.3 Å². The molecule has 184 valence electrons. The Morgan fingerprint density at radius 2 is 2.06 bits per heavy atom. The third-order valence-electron chi connectivity index (χ3n) is 7.23. The number of halogens is 2. The molecule has 1 atom stereocenters. The van der Waals surface area contributed by atoms with Crippen LogP contribution in [0, 0.1) is 12.7 Å². The Morgan fingerprint density at radius 3 is 2.83 bits per heavy atom. The molecule has 2 heterocycles. The number of hydrogen-bond donors (Lipinski definition) is 2. The van der Waals surface area contributed by atoms with Crippen molar-refractivity contribution < 1.29 is 4.39 Å². The van der Waals surface area contributed by atoms with Crippen molar-refractivity contribution >= 4 is 22.9 Å². The van der Waals surface area contributed by atoms with Crippen LogP contribution in [0.4, 0.5) is 10.1 Å². The minimum atomic E-state index is -0.305. The SMILES string of the molecule is CC/C=C(\CCNC1CCC1)c1ccc2c(c1)C(Nc1cc(Cl)ccc1F)CCn1nnc(C)c1-2. The van der Waals surface area contributed by atoms with Gasteiger partial charge >= 0.3 is 0 Å². The smallest absolute Gasteiger partial charge is 0.146 e. The fraction of sp³-hybridized carbons (Fsp3) is 0.429. The zero-order valence-electron chi connectivity index (χ0n) is 20.5. The first-order valence-electron chi connectivity index (χ1n) is 12.7. The number of nitrogens with zero attached hydrogens (tertiary/aromatic N) is 3. The predicted octanol–water partition coefficient (Wildman–Crippen LogP) is 6.93. The number of anilines is 1.